The first-order chi connectivity index (χ1) is 18.9. The van der Waals surface area contributed by atoms with Crippen LogP contribution in [-0.2, 0) is 27.4 Å². The van der Waals surface area contributed by atoms with Crippen LogP contribution in [0.1, 0.15) is 53.8 Å². The third-order valence-corrected chi connectivity index (χ3v) is 6.81. The Morgan fingerprint density at radius 1 is 1.08 bits per heavy atom. The fraction of sp³-hybridized carbons (Fsp3) is 0.500. The van der Waals surface area contributed by atoms with Crippen molar-refractivity contribution in [2.75, 3.05) is 27.4 Å². The lowest BCUT2D eigenvalue weighted by molar-refractivity contribution is -0.146. The summed E-state index contributed by atoms with van der Waals surface area (Å²) in [4.78, 5) is 30.7. The molecule has 1 fully saturated rings. The molecule has 11 heteroatoms. The van der Waals surface area contributed by atoms with E-state index in [4.69, 9.17) is 14.2 Å². The molecular weight excluding hydrogens is 500 g/mol. The molecule has 0 saturated heterocycles. The molecule has 1 saturated carbocycles. The maximum absolute atomic E-state index is 12.9. The van der Waals surface area contributed by atoms with Crippen LogP contribution in [0.2, 0.25) is 0 Å². The summed E-state index contributed by atoms with van der Waals surface area (Å²) >= 11 is 0. The minimum absolute atomic E-state index is 0.0155. The van der Waals surface area contributed by atoms with E-state index in [-0.39, 0.29) is 23.5 Å². The first-order valence-electron chi connectivity index (χ1n) is 13.3. The number of hydrogen-bond acceptors (Lipinski definition) is 9. The Kier molecular flexibility index (Phi) is 9.96. The van der Waals surface area contributed by atoms with Gasteiger partial charge in [0, 0.05) is 37.9 Å². The summed E-state index contributed by atoms with van der Waals surface area (Å²) in [7, 11) is 3.10. The van der Waals surface area contributed by atoms with Crippen molar-refractivity contribution in [2.45, 2.75) is 52.1 Å². The molecule has 1 aliphatic rings. The van der Waals surface area contributed by atoms with E-state index in [0.717, 1.165) is 43.4 Å². The summed E-state index contributed by atoms with van der Waals surface area (Å²) in [5.41, 5.74) is 2.57. The van der Waals surface area contributed by atoms with Gasteiger partial charge in [-0.05, 0) is 73.6 Å². The molecule has 1 amide bonds. The number of benzene rings is 1. The number of rotatable bonds is 12. The Morgan fingerprint density at radius 3 is 2.67 bits per heavy atom. The summed E-state index contributed by atoms with van der Waals surface area (Å²) in [6.45, 7) is 4.01. The molecule has 0 radical (unpaired) electrons. The average molecular weight is 537 g/mol. The second kappa shape index (κ2) is 13.8. The van der Waals surface area contributed by atoms with Gasteiger partial charge in [0.25, 0.3) is 5.91 Å². The van der Waals surface area contributed by atoms with Crippen molar-refractivity contribution < 1.29 is 23.8 Å². The second-order valence-corrected chi connectivity index (χ2v) is 9.82. The van der Waals surface area contributed by atoms with Crippen LogP contribution >= 0.6 is 0 Å². The Balaban J connectivity index is 1.34. The van der Waals surface area contributed by atoms with Crippen molar-refractivity contribution in [3.8, 4) is 17.1 Å². The number of hydrogen-bond donors (Lipinski definition) is 1. The molecule has 208 valence electrons. The predicted octanol–water partition coefficient (Wildman–Crippen LogP) is 3.37. The lowest BCUT2D eigenvalue weighted by Crippen LogP contribution is -2.25. The van der Waals surface area contributed by atoms with Gasteiger partial charge in [0.1, 0.15) is 11.4 Å². The van der Waals surface area contributed by atoms with Crippen molar-refractivity contribution in [1.29, 1.82) is 0 Å². The molecular formula is C28H36N6O5. The number of carbonyl (C=O) groups excluding carboxylic acids is 2. The van der Waals surface area contributed by atoms with E-state index in [1.165, 1.54) is 7.11 Å². The first-order valence-corrected chi connectivity index (χ1v) is 13.3. The van der Waals surface area contributed by atoms with Crippen LogP contribution in [0.25, 0.3) is 11.4 Å². The summed E-state index contributed by atoms with van der Waals surface area (Å²) in [5.74, 6) is 1.14. The molecule has 0 spiro atoms. The molecule has 0 bridgehead atoms. The van der Waals surface area contributed by atoms with Crippen molar-refractivity contribution in [3.05, 3.63) is 53.3 Å². The monoisotopic (exact) mass is 536 g/mol. The molecule has 3 aromatic rings. The molecule has 0 atom stereocenters. The molecule has 2 heterocycles. The number of ether oxygens (including phenoxy) is 3. The predicted molar refractivity (Wildman–Crippen MR) is 143 cm³/mol. The minimum Gasteiger partial charge on any atom is -0.493 e. The lowest BCUT2D eigenvalue weighted by Gasteiger charge is -2.26. The zero-order valence-corrected chi connectivity index (χ0v) is 22.8. The highest BCUT2D eigenvalue weighted by atomic mass is 16.5. The molecule has 39 heavy (non-hydrogen) atoms. The van der Waals surface area contributed by atoms with E-state index in [2.05, 4.69) is 25.7 Å². The SMILES string of the molecule is COCCCOc1cccc(CNC(=O)c2cc(-c3nnn(C[C@H]4CC[C@H](C(=O)OC)CC4)n3)cc(C)n2)c1. The Labute approximate surface area is 228 Å². The van der Waals surface area contributed by atoms with E-state index in [1.807, 2.05) is 37.3 Å². The van der Waals surface area contributed by atoms with Crippen LogP contribution in [0, 0.1) is 18.8 Å². The van der Waals surface area contributed by atoms with Gasteiger partial charge in [-0.1, -0.05) is 12.1 Å². The Hall–Kier alpha value is -3.86. The summed E-state index contributed by atoms with van der Waals surface area (Å²) in [5, 5.41) is 15.9. The lowest BCUT2D eigenvalue weighted by atomic mass is 9.82. The van der Waals surface area contributed by atoms with Gasteiger partial charge in [-0.25, -0.2) is 4.98 Å². The summed E-state index contributed by atoms with van der Waals surface area (Å²) < 4.78 is 15.7. The highest BCUT2D eigenvalue weighted by molar-refractivity contribution is 5.93. The van der Waals surface area contributed by atoms with Crippen LogP contribution < -0.4 is 10.1 Å². The van der Waals surface area contributed by atoms with Gasteiger partial charge in [-0.2, -0.15) is 4.80 Å². The van der Waals surface area contributed by atoms with Gasteiger partial charge >= 0.3 is 5.97 Å². The largest absolute Gasteiger partial charge is 0.493 e. The number of pyridine rings is 1. The number of methoxy groups -OCH3 is 2. The highest BCUT2D eigenvalue weighted by Crippen LogP contribution is 2.30. The summed E-state index contributed by atoms with van der Waals surface area (Å²) in [6.07, 6.45) is 4.26. The number of aryl methyl sites for hydroxylation is 1. The molecule has 1 N–H and O–H groups in total. The van der Waals surface area contributed by atoms with Crippen LogP contribution in [-0.4, -0.2) is 64.5 Å². The number of tetrazole rings is 1. The van der Waals surface area contributed by atoms with Gasteiger partial charge < -0.3 is 19.5 Å². The molecule has 0 unspecified atom stereocenters. The fourth-order valence-electron chi connectivity index (χ4n) is 4.74. The van der Waals surface area contributed by atoms with Gasteiger partial charge in [-0.3, -0.25) is 9.59 Å². The summed E-state index contributed by atoms with van der Waals surface area (Å²) in [6, 6.07) is 11.1. The fourth-order valence-corrected chi connectivity index (χ4v) is 4.74. The average Bonchev–Trinajstić information content (AvgIpc) is 3.42. The first kappa shape index (κ1) is 28.2. The van der Waals surface area contributed by atoms with Gasteiger partial charge in [0.15, 0.2) is 0 Å². The third-order valence-electron chi connectivity index (χ3n) is 6.81. The second-order valence-electron chi connectivity index (χ2n) is 9.82. The molecule has 2 aromatic heterocycles. The standard InChI is InChI=1S/C28H36N6O5/c1-19-14-23(26-31-33-34(32-26)18-20-8-10-22(11-9-20)28(36)38-3)16-25(30-19)27(35)29-17-21-6-4-7-24(15-21)39-13-5-12-37-2/h4,6-7,14-16,20,22H,5,8-13,17-18H2,1-3H3,(H,29,35)/t20-,22-. The van der Waals surface area contributed by atoms with Crippen molar-refractivity contribution >= 4 is 11.9 Å². The zero-order chi connectivity index (χ0) is 27.6. The molecule has 1 aliphatic carbocycles. The smallest absolute Gasteiger partial charge is 0.308 e. The van der Waals surface area contributed by atoms with E-state index in [0.29, 0.717) is 49.3 Å². The zero-order valence-electron chi connectivity index (χ0n) is 22.8. The molecule has 11 nitrogen and oxygen atoms in total. The quantitative estimate of drug-likeness (QED) is 0.273. The topological polar surface area (TPSA) is 130 Å². The normalized spacial score (nSPS) is 17.0. The van der Waals surface area contributed by atoms with Crippen molar-refractivity contribution in [1.82, 2.24) is 30.5 Å². The number of esters is 1. The van der Waals surface area contributed by atoms with Crippen LogP contribution in [0.4, 0.5) is 0 Å². The number of carbonyl (C=O) groups is 2. The number of amides is 1. The van der Waals surface area contributed by atoms with Crippen LogP contribution in [0.3, 0.4) is 0 Å². The third kappa shape index (κ3) is 8.06. The molecule has 4 rings (SSSR count). The Bertz CT molecular complexity index is 1250. The number of aromatic nitrogens is 5. The van der Waals surface area contributed by atoms with Gasteiger partial charge in [-0.15, -0.1) is 10.2 Å². The minimum atomic E-state index is -0.291. The number of nitrogens with zero attached hydrogens (tertiary/aromatic N) is 5. The van der Waals surface area contributed by atoms with Gasteiger partial charge in [0.2, 0.25) is 5.82 Å². The van der Waals surface area contributed by atoms with Gasteiger partial charge in [0.05, 0.1) is 26.2 Å². The van der Waals surface area contributed by atoms with Crippen LogP contribution in [0.5, 0.6) is 5.75 Å². The Morgan fingerprint density at radius 2 is 1.90 bits per heavy atom. The van der Waals surface area contributed by atoms with Crippen LogP contribution in [0.15, 0.2) is 36.4 Å². The van der Waals surface area contributed by atoms with E-state index in [9.17, 15) is 9.59 Å². The maximum atomic E-state index is 12.9. The maximum Gasteiger partial charge on any atom is 0.308 e. The van der Waals surface area contributed by atoms with Crippen molar-refractivity contribution in [3.63, 3.8) is 0 Å². The van der Waals surface area contributed by atoms with Crippen molar-refractivity contribution in [2.24, 2.45) is 11.8 Å². The molecule has 0 aliphatic heterocycles. The van der Waals surface area contributed by atoms with E-state index in [1.54, 1.807) is 18.0 Å². The van der Waals surface area contributed by atoms with E-state index < -0.39 is 0 Å². The van der Waals surface area contributed by atoms with E-state index >= 15 is 0 Å². The molecule has 1 aromatic carbocycles. The number of nitrogens with one attached hydrogen (secondary N) is 1. The highest BCUT2D eigenvalue weighted by Gasteiger charge is 2.27.